The molecule has 0 bridgehead atoms. The Hall–Kier alpha value is -0.300. The van der Waals surface area contributed by atoms with Crippen LogP contribution in [-0.4, -0.2) is 53.0 Å². The number of hydrogen-bond acceptors (Lipinski definition) is 3. The lowest BCUT2D eigenvalue weighted by molar-refractivity contribution is 0.106. The maximum absolute atomic E-state index is 13.9. The van der Waals surface area contributed by atoms with Crippen LogP contribution >= 0.6 is 28.4 Å². The molecule has 3 atom stereocenters. The van der Waals surface area contributed by atoms with E-state index in [1.807, 2.05) is 6.20 Å². The molecule has 0 saturated carbocycles. The zero-order valence-electron chi connectivity index (χ0n) is 13.7. The normalized spacial score (nSPS) is 27.0. The number of piperidine rings is 1. The van der Waals surface area contributed by atoms with Gasteiger partial charge in [0.1, 0.15) is 6.17 Å². The molecular formula is C17H22FIN3OP. The molecule has 130 valence electrons. The van der Waals surface area contributed by atoms with Crippen LogP contribution in [0.2, 0.25) is 0 Å². The third-order valence-electron chi connectivity index (χ3n) is 5.46. The number of fused-ring (bicyclic) bond motifs is 1. The van der Waals surface area contributed by atoms with Gasteiger partial charge >= 0.3 is 0 Å². The number of benzene rings is 1. The molecule has 0 amide bonds. The van der Waals surface area contributed by atoms with E-state index >= 15 is 0 Å². The maximum atomic E-state index is 13.9. The van der Waals surface area contributed by atoms with E-state index in [4.69, 9.17) is 4.74 Å². The van der Waals surface area contributed by atoms with E-state index in [1.54, 1.807) is 0 Å². The molecule has 2 aromatic rings. The van der Waals surface area contributed by atoms with Crippen molar-refractivity contribution in [3.63, 3.8) is 0 Å². The van der Waals surface area contributed by atoms with Crippen LogP contribution in [0, 0.1) is 6.92 Å². The first-order chi connectivity index (χ1) is 11.7. The van der Waals surface area contributed by atoms with E-state index in [2.05, 4.69) is 55.5 Å². The molecule has 7 heteroatoms. The second kappa shape index (κ2) is 7.14. The van der Waals surface area contributed by atoms with E-state index in [9.17, 15) is 4.39 Å². The number of ether oxygens (including phenoxy) is 1. The number of halogens is 2. The lowest BCUT2D eigenvalue weighted by atomic mass is 9.86. The van der Waals surface area contributed by atoms with Crippen molar-refractivity contribution in [1.29, 1.82) is 0 Å². The summed E-state index contributed by atoms with van der Waals surface area (Å²) in [6, 6.07) is 4.57. The molecule has 2 saturated heterocycles. The van der Waals surface area contributed by atoms with Crippen LogP contribution < -0.4 is 0 Å². The summed E-state index contributed by atoms with van der Waals surface area (Å²) in [5, 5.41) is 5.69. The minimum atomic E-state index is -0.821. The molecule has 2 aliphatic rings. The van der Waals surface area contributed by atoms with Gasteiger partial charge < -0.3 is 4.74 Å². The SMILES string of the molecule is Cc1cc2cnn(PI)c2cc1C1CCN(C2COCC2F)CC1. The topological polar surface area (TPSA) is 30.3 Å². The second-order valence-electron chi connectivity index (χ2n) is 6.84. The Bertz CT molecular complexity index is 732. The van der Waals surface area contributed by atoms with Crippen molar-refractivity contribution in [3.05, 3.63) is 29.5 Å². The second-order valence-corrected chi connectivity index (χ2v) is 8.88. The fourth-order valence-electron chi connectivity index (χ4n) is 4.10. The minimum absolute atomic E-state index is 0.0313. The summed E-state index contributed by atoms with van der Waals surface area (Å²) in [6.45, 7) is 4.94. The Morgan fingerprint density at radius 1 is 1.29 bits per heavy atom. The van der Waals surface area contributed by atoms with Gasteiger partial charge in [-0.2, -0.15) is 5.10 Å². The van der Waals surface area contributed by atoms with Gasteiger partial charge in [-0.3, -0.25) is 4.90 Å². The van der Waals surface area contributed by atoms with Gasteiger partial charge in [0.2, 0.25) is 0 Å². The number of aromatic nitrogens is 2. The summed E-state index contributed by atoms with van der Waals surface area (Å²) in [5.41, 5.74) is 4.03. The van der Waals surface area contributed by atoms with Crippen molar-refractivity contribution in [1.82, 2.24) is 14.5 Å². The van der Waals surface area contributed by atoms with Gasteiger partial charge in [-0.05, 0) is 84.1 Å². The molecule has 2 aliphatic heterocycles. The summed E-state index contributed by atoms with van der Waals surface area (Å²) in [6.07, 6.45) is 3.95. The molecule has 24 heavy (non-hydrogen) atoms. The summed E-state index contributed by atoms with van der Waals surface area (Å²) >= 11 is 2.37. The number of rotatable bonds is 3. The summed E-state index contributed by atoms with van der Waals surface area (Å²) in [4.78, 5) is 2.29. The standard InChI is InChI=1S/C17H22FIN3OP/c1-11-6-13-8-20-22(24-19)16(13)7-14(11)12-2-4-21(5-3-12)17-10-23-9-15(17)18/h6-8,12,15,17,24H,2-5,9-10H2,1H3. The summed E-state index contributed by atoms with van der Waals surface area (Å²) < 4.78 is 21.3. The van der Waals surface area contributed by atoms with Gasteiger partial charge in [0.05, 0.1) is 37.3 Å². The van der Waals surface area contributed by atoms with Gasteiger partial charge in [0.15, 0.2) is 0 Å². The van der Waals surface area contributed by atoms with E-state index in [0.717, 1.165) is 25.9 Å². The predicted molar refractivity (Wildman–Crippen MR) is 105 cm³/mol. The highest BCUT2D eigenvalue weighted by atomic mass is 127. The van der Waals surface area contributed by atoms with Gasteiger partial charge in [0, 0.05) is 5.39 Å². The average Bonchev–Trinajstić information content (AvgIpc) is 3.19. The molecular weight excluding hydrogens is 439 g/mol. The van der Waals surface area contributed by atoms with Crippen molar-refractivity contribution in [3.8, 4) is 0 Å². The molecule has 2 fully saturated rings. The number of nitrogens with zero attached hydrogens (tertiary/aromatic N) is 3. The quantitative estimate of drug-likeness (QED) is 0.511. The van der Waals surface area contributed by atoms with Crippen LogP contribution in [0.15, 0.2) is 18.3 Å². The molecule has 3 unspecified atom stereocenters. The highest BCUT2D eigenvalue weighted by molar-refractivity contribution is 14.2. The lowest BCUT2D eigenvalue weighted by Gasteiger charge is -2.36. The number of aryl methyl sites for hydroxylation is 1. The first-order valence-corrected chi connectivity index (χ1v) is 12.5. The van der Waals surface area contributed by atoms with E-state index in [-0.39, 0.29) is 12.6 Å². The molecule has 0 N–H and O–H groups in total. The molecule has 0 aliphatic carbocycles. The largest absolute Gasteiger partial charge is 0.377 e. The third-order valence-corrected chi connectivity index (χ3v) is 7.34. The Kier molecular flexibility index (Phi) is 5.09. The van der Waals surface area contributed by atoms with Crippen LogP contribution in [0.25, 0.3) is 10.9 Å². The Labute approximate surface area is 156 Å². The smallest absolute Gasteiger partial charge is 0.141 e. The molecule has 4 nitrogen and oxygen atoms in total. The fraction of sp³-hybridized carbons (Fsp3) is 0.588. The maximum Gasteiger partial charge on any atom is 0.141 e. The predicted octanol–water partition coefficient (Wildman–Crippen LogP) is 4.05. The molecule has 0 spiro atoms. The summed E-state index contributed by atoms with van der Waals surface area (Å²) in [7, 11) is 0. The Morgan fingerprint density at radius 2 is 2.08 bits per heavy atom. The average molecular weight is 461 g/mol. The number of alkyl halides is 1. The number of hydrogen-bond donors (Lipinski definition) is 0. The molecule has 4 rings (SSSR count). The lowest BCUT2D eigenvalue weighted by Crippen LogP contribution is -2.45. The zero-order valence-corrected chi connectivity index (χ0v) is 16.9. The third kappa shape index (κ3) is 3.11. The highest BCUT2D eigenvalue weighted by Crippen LogP contribution is 2.36. The highest BCUT2D eigenvalue weighted by Gasteiger charge is 2.35. The zero-order chi connectivity index (χ0) is 16.7. The Morgan fingerprint density at radius 3 is 2.75 bits per heavy atom. The van der Waals surface area contributed by atoms with Gasteiger partial charge in [-0.1, -0.05) is 0 Å². The van der Waals surface area contributed by atoms with Crippen LogP contribution in [0.1, 0.15) is 29.9 Å². The fourth-order valence-corrected chi connectivity index (χ4v) is 5.64. The van der Waals surface area contributed by atoms with Crippen molar-refractivity contribution >= 4 is 39.3 Å². The monoisotopic (exact) mass is 461 g/mol. The molecule has 1 aromatic heterocycles. The Balaban J connectivity index is 1.52. The number of likely N-dealkylation sites (tertiary alicyclic amines) is 1. The minimum Gasteiger partial charge on any atom is -0.377 e. The van der Waals surface area contributed by atoms with E-state index in [1.165, 1.54) is 22.0 Å². The van der Waals surface area contributed by atoms with Crippen LogP contribution in [0.4, 0.5) is 4.39 Å². The van der Waals surface area contributed by atoms with Crippen molar-refractivity contribution < 1.29 is 9.13 Å². The van der Waals surface area contributed by atoms with Crippen molar-refractivity contribution in [2.24, 2.45) is 0 Å². The first-order valence-electron chi connectivity index (χ1n) is 8.48. The molecule has 0 radical (unpaired) electrons. The van der Waals surface area contributed by atoms with Crippen LogP contribution in [0.5, 0.6) is 0 Å². The van der Waals surface area contributed by atoms with E-state index in [0.29, 0.717) is 18.9 Å². The first kappa shape index (κ1) is 17.1. The van der Waals surface area contributed by atoms with Crippen molar-refractivity contribution in [2.75, 3.05) is 26.3 Å². The van der Waals surface area contributed by atoms with Crippen molar-refractivity contribution in [2.45, 2.75) is 37.9 Å². The molecule has 1 aromatic carbocycles. The van der Waals surface area contributed by atoms with Gasteiger partial charge in [-0.15, -0.1) is 0 Å². The van der Waals surface area contributed by atoms with E-state index < -0.39 is 6.17 Å². The molecule has 3 heterocycles. The van der Waals surface area contributed by atoms with Crippen LogP contribution in [-0.2, 0) is 4.74 Å². The summed E-state index contributed by atoms with van der Waals surface area (Å²) in [5.74, 6) is 0.562. The van der Waals surface area contributed by atoms with Gasteiger partial charge in [-0.25, -0.2) is 8.84 Å². The van der Waals surface area contributed by atoms with Crippen LogP contribution in [0.3, 0.4) is 0 Å². The van der Waals surface area contributed by atoms with Gasteiger partial charge in [0.25, 0.3) is 0 Å².